The zero-order chi connectivity index (χ0) is 9.42. The van der Waals surface area contributed by atoms with Crippen LogP contribution in [-0.4, -0.2) is 16.1 Å². The van der Waals surface area contributed by atoms with E-state index < -0.39 is 5.97 Å². The third-order valence-electron chi connectivity index (χ3n) is 1.90. The molecule has 0 aliphatic rings. The lowest BCUT2D eigenvalue weighted by molar-refractivity contribution is 0.0699. The third-order valence-corrected chi connectivity index (χ3v) is 2.59. The molecule has 1 aromatic heterocycles. The molecule has 0 radical (unpaired) electrons. The molecule has 0 amide bonds. The monoisotopic (exact) mass is 239 g/mol. The Bertz CT molecular complexity index is 475. The van der Waals surface area contributed by atoms with Gasteiger partial charge in [-0.3, -0.25) is 0 Å². The number of H-pyrrole nitrogens is 1. The molecule has 0 aliphatic heterocycles. The van der Waals surface area contributed by atoms with E-state index in [1.165, 1.54) is 0 Å². The molecule has 1 heterocycles. The van der Waals surface area contributed by atoms with Crippen molar-refractivity contribution in [2.24, 2.45) is 0 Å². The van der Waals surface area contributed by atoms with E-state index in [0.717, 1.165) is 9.86 Å². The van der Waals surface area contributed by atoms with Gasteiger partial charge >= 0.3 is 5.97 Å². The van der Waals surface area contributed by atoms with E-state index in [1.54, 1.807) is 18.3 Å². The van der Waals surface area contributed by atoms with Gasteiger partial charge in [-0.1, -0.05) is 15.9 Å². The van der Waals surface area contributed by atoms with E-state index in [0.29, 0.717) is 11.1 Å². The van der Waals surface area contributed by atoms with Crippen LogP contribution in [0.2, 0.25) is 0 Å². The van der Waals surface area contributed by atoms with Crippen molar-refractivity contribution in [3.05, 3.63) is 34.4 Å². The molecule has 0 spiro atoms. The van der Waals surface area contributed by atoms with Gasteiger partial charge in [-0.25, -0.2) is 4.79 Å². The van der Waals surface area contributed by atoms with Gasteiger partial charge in [0.1, 0.15) is 0 Å². The molecule has 0 fully saturated rings. The molecule has 2 aromatic rings. The number of halogens is 1. The molecule has 13 heavy (non-hydrogen) atoms. The molecule has 0 saturated carbocycles. The molecule has 3 nitrogen and oxygen atoms in total. The van der Waals surface area contributed by atoms with Crippen LogP contribution in [0.4, 0.5) is 0 Å². The minimum absolute atomic E-state index is 0.295. The zero-order valence-electron chi connectivity index (χ0n) is 6.54. The quantitative estimate of drug-likeness (QED) is 0.804. The van der Waals surface area contributed by atoms with E-state index in [9.17, 15) is 4.79 Å². The van der Waals surface area contributed by atoms with Crippen LogP contribution >= 0.6 is 15.9 Å². The number of carboxylic acid groups (broad SMARTS) is 1. The molecule has 0 atom stereocenters. The van der Waals surface area contributed by atoms with Crippen LogP contribution in [0, 0.1) is 0 Å². The van der Waals surface area contributed by atoms with Crippen LogP contribution in [0.3, 0.4) is 0 Å². The van der Waals surface area contributed by atoms with Gasteiger partial charge in [-0.2, -0.15) is 0 Å². The Kier molecular flexibility index (Phi) is 1.84. The van der Waals surface area contributed by atoms with Gasteiger partial charge in [0.25, 0.3) is 0 Å². The maximum Gasteiger partial charge on any atom is 0.337 e. The number of carbonyl (C=O) groups is 1. The summed E-state index contributed by atoms with van der Waals surface area (Å²) in [6, 6.07) is 5.15. The first kappa shape index (κ1) is 8.31. The number of aromatic carboxylic acids is 1. The Labute approximate surface area is 82.5 Å². The Morgan fingerprint density at radius 2 is 2.15 bits per heavy atom. The van der Waals surface area contributed by atoms with Crippen molar-refractivity contribution in [1.82, 2.24) is 4.98 Å². The van der Waals surface area contributed by atoms with Gasteiger partial charge < -0.3 is 10.1 Å². The molecule has 66 valence electrons. The summed E-state index contributed by atoms with van der Waals surface area (Å²) in [6.45, 7) is 0. The molecule has 0 aliphatic carbocycles. The summed E-state index contributed by atoms with van der Waals surface area (Å²) in [6.07, 6.45) is 1.72. The number of carboxylic acids is 1. The van der Waals surface area contributed by atoms with Crippen LogP contribution in [-0.2, 0) is 0 Å². The normalized spacial score (nSPS) is 10.5. The molecular weight excluding hydrogens is 234 g/mol. The molecule has 2 N–H and O–H groups in total. The highest BCUT2D eigenvalue weighted by Crippen LogP contribution is 2.25. The topological polar surface area (TPSA) is 53.1 Å². The second kappa shape index (κ2) is 2.88. The minimum Gasteiger partial charge on any atom is -0.478 e. The van der Waals surface area contributed by atoms with Gasteiger partial charge in [0, 0.05) is 16.1 Å². The Balaban J connectivity index is 2.86. The molecule has 0 bridgehead atoms. The first-order valence-corrected chi connectivity index (χ1v) is 4.48. The van der Waals surface area contributed by atoms with Gasteiger partial charge in [0.2, 0.25) is 0 Å². The van der Waals surface area contributed by atoms with Crippen LogP contribution in [0.1, 0.15) is 10.4 Å². The highest BCUT2D eigenvalue weighted by atomic mass is 79.9. The lowest BCUT2D eigenvalue weighted by Crippen LogP contribution is -1.96. The van der Waals surface area contributed by atoms with Crippen LogP contribution in [0.25, 0.3) is 10.9 Å². The fourth-order valence-electron chi connectivity index (χ4n) is 1.30. The van der Waals surface area contributed by atoms with Gasteiger partial charge in [0.05, 0.1) is 11.1 Å². The summed E-state index contributed by atoms with van der Waals surface area (Å²) in [5.41, 5.74) is 0.949. The molecule has 0 saturated heterocycles. The SMILES string of the molecule is O=C(O)c1ccc(Br)c2cc[nH]c12. The van der Waals surface area contributed by atoms with Crippen molar-refractivity contribution in [3.63, 3.8) is 0 Å². The average molecular weight is 240 g/mol. The lowest BCUT2D eigenvalue weighted by Gasteiger charge is -1.98. The number of aromatic nitrogens is 1. The van der Waals surface area contributed by atoms with Gasteiger partial charge in [0.15, 0.2) is 0 Å². The number of rotatable bonds is 1. The van der Waals surface area contributed by atoms with Crippen molar-refractivity contribution < 1.29 is 9.90 Å². The smallest absolute Gasteiger partial charge is 0.337 e. The number of fused-ring (bicyclic) bond motifs is 1. The average Bonchev–Trinajstić information content (AvgIpc) is 2.53. The highest BCUT2D eigenvalue weighted by molar-refractivity contribution is 9.10. The number of nitrogens with one attached hydrogen (secondary N) is 1. The fourth-order valence-corrected chi connectivity index (χ4v) is 1.76. The molecule has 4 heteroatoms. The first-order valence-electron chi connectivity index (χ1n) is 3.69. The molecule has 0 unspecified atom stereocenters. The summed E-state index contributed by atoms with van der Waals surface area (Å²) >= 11 is 3.35. The van der Waals surface area contributed by atoms with E-state index in [4.69, 9.17) is 5.11 Å². The Hall–Kier alpha value is -1.29. The van der Waals surface area contributed by atoms with E-state index in [1.807, 2.05) is 6.07 Å². The molecular formula is C9H6BrNO2. The van der Waals surface area contributed by atoms with E-state index in [-0.39, 0.29) is 0 Å². The van der Waals surface area contributed by atoms with E-state index >= 15 is 0 Å². The predicted molar refractivity (Wildman–Crippen MR) is 53.0 cm³/mol. The van der Waals surface area contributed by atoms with Gasteiger partial charge in [-0.05, 0) is 18.2 Å². The van der Waals surface area contributed by atoms with Crippen LogP contribution in [0.15, 0.2) is 28.9 Å². The van der Waals surface area contributed by atoms with Crippen LogP contribution < -0.4 is 0 Å². The van der Waals surface area contributed by atoms with Crippen molar-refractivity contribution in [3.8, 4) is 0 Å². The lowest BCUT2D eigenvalue weighted by atomic mass is 10.1. The standard InChI is InChI=1S/C9H6BrNO2/c10-7-2-1-6(9(12)13)8-5(7)3-4-11-8/h1-4,11H,(H,12,13). The largest absolute Gasteiger partial charge is 0.478 e. The number of hydrogen-bond acceptors (Lipinski definition) is 1. The Morgan fingerprint density at radius 1 is 1.38 bits per heavy atom. The number of hydrogen-bond donors (Lipinski definition) is 2. The first-order chi connectivity index (χ1) is 6.20. The summed E-state index contributed by atoms with van der Waals surface area (Å²) in [7, 11) is 0. The number of aromatic amines is 1. The van der Waals surface area contributed by atoms with Gasteiger partial charge in [-0.15, -0.1) is 0 Å². The second-order valence-corrected chi connectivity index (χ2v) is 3.52. The number of benzene rings is 1. The summed E-state index contributed by atoms with van der Waals surface area (Å²) in [4.78, 5) is 13.7. The van der Waals surface area contributed by atoms with E-state index in [2.05, 4.69) is 20.9 Å². The third kappa shape index (κ3) is 1.23. The highest BCUT2D eigenvalue weighted by Gasteiger charge is 2.10. The zero-order valence-corrected chi connectivity index (χ0v) is 8.13. The molecule has 2 rings (SSSR count). The summed E-state index contributed by atoms with van der Waals surface area (Å²) in [5, 5.41) is 9.75. The van der Waals surface area contributed by atoms with Crippen molar-refractivity contribution >= 4 is 32.8 Å². The second-order valence-electron chi connectivity index (χ2n) is 2.67. The van der Waals surface area contributed by atoms with Crippen molar-refractivity contribution in [1.29, 1.82) is 0 Å². The maximum atomic E-state index is 10.8. The molecule has 1 aromatic carbocycles. The Morgan fingerprint density at radius 3 is 2.85 bits per heavy atom. The fraction of sp³-hybridized carbons (Fsp3) is 0. The van der Waals surface area contributed by atoms with Crippen molar-refractivity contribution in [2.45, 2.75) is 0 Å². The minimum atomic E-state index is -0.917. The summed E-state index contributed by atoms with van der Waals surface area (Å²) in [5.74, 6) is -0.917. The van der Waals surface area contributed by atoms with Crippen molar-refractivity contribution in [2.75, 3.05) is 0 Å². The maximum absolute atomic E-state index is 10.8. The predicted octanol–water partition coefficient (Wildman–Crippen LogP) is 2.63. The van der Waals surface area contributed by atoms with Crippen LogP contribution in [0.5, 0.6) is 0 Å². The summed E-state index contributed by atoms with van der Waals surface area (Å²) < 4.78 is 0.897.